The molecule has 0 saturated heterocycles. The second-order valence-electron chi connectivity index (χ2n) is 4.26. The molecule has 1 aromatic carbocycles. The van der Waals surface area contributed by atoms with Gasteiger partial charge in [-0.2, -0.15) is 0 Å². The molecule has 1 aromatic heterocycles. The third-order valence-electron chi connectivity index (χ3n) is 2.95. The number of furan rings is 1. The van der Waals surface area contributed by atoms with Gasteiger partial charge in [0, 0.05) is 5.39 Å². The van der Waals surface area contributed by atoms with Crippen molar-refractivity contribution in [1.29, 1.82) is 0 Å². The summed E-state index contributed by atoms with van der Waals surface area (Å²) in [6.45, 7) is 3.57. The minimum absolute atomic E-state index is 0.0221. The summed E-state index contributed by atoms with van der Waals surface area (Å²) >= 11 is 0. The Morgan fingerprint density at radius 3 is 2.88 bits per heavy atom. The van der Waals surface area contributed by atoms with Gasteiger partial charge >= 0.3 is 0 Å². The predicted octanol–water partition coefficient (Wildman–Crippen LogP) is 3.68. The maximum Gasteiger partial charge on any atom is 0.176 e. The van der Waals surface area contributed by atoms with E-state index in [-0.39, 0.29) is 11.5 Å². The van der Waals surface area contributed by atoms with Crippen LogP contribution in [0, 0.1) is 0 Å². The Labute approximate surface area is 100 Å². The fourth-order valence-electron chi connectivity index (χ4n) is 2.11. The van der Waals surface area contributed by atoms with Crippen LogP contribution in [-0.4, -0.2) is 10.9 Å². The molecule has 0 aliphatic rings. The van der Waals surface area contributed by atoms with Crippen molar-refractivity contribution in [2.45, 2.75) is 33.1 Å². The lowest BCUT2D eigenvalue weighted by Crippen LogP contribution is -2.00. The highest BCUT2D eigenvalue weighted by Gasteiger charge is 2.17. The van der Waals surface area contributed by atoms with Gasteiger partial charge in [0.25, 0.3) is 0 Å². The topological polar surface area (TPSA) is 50.4 Å². The van der Waals surface area contributed by atoms with Gasteiger partial charge in [-0.05, 0) is 37.5 Å². The number of carbonyl (C=O) groups is 1. The number of fused-ring (bicyclic) bond motifs is 1. The molecule has 1 N–H and O–H groups in total. The molecule has 0 atom stereocenters. The van der Waals surface area contributed by atoms with Crippen LogP contribution in [0.5, 0.6) is 5.75 Å². The molecular weight excluding hydrogens is 216 g/mol. The summed E-state index contributed by atoms with van der Waals surface area (Å²) in [6, 6.07) is 3.74. The highest BCUT2D eigenvalue weighted by atomic mass is 16.3. The Morgan fingerprint density at radius 1 is 1.47 bits per heavy atom. The Balaban J connectivity index is 2.62. The van der Waals surface area contributed by atoms with E-state index in [9.17, 15) is 9.90 Å². The number of Topliss-reactive ketones (excluding diaryl/α,β-unsaturated/α-hetero) is 1. The van der Waals surface area contributed by atoms with Crippen molar-refractivity contribution in [1.82, 2.24) is 0 Å². The Kier molecular flexibility index (Phi) is 3.18. The SMILES string of the molecule is CCCCc1cc2ccoc2c(O)c1C(C)=O. The molecule has 3 heteroatoms. The number of hydrogen-bond acceptors (Lipinski definition) is 3. The highest BCUT2D eigenvalue weighted by molar-refractivity contribution is 6.03. The van der Waals surface area contributed by atoms with Crippen LogP contribution in [0.2, 0.25) is 0 Å². The Hall–Kier alpha value is -1.77. The van der Waals surface area contributed by atoms with E-state index >= 15 is 0 Å². The van der Waals surface area contributed by atoms with Gasteiger partial charge in [0.2, 0.25) is 0 Å². The summed E-state index contributed by atoms with van der Waals surface area (Å²) in [5.41, 5.74) is 1.71. The summed E-state index contributed by atoms with van der Waals surface area (Å²) in [5, 5.41) is 10.9. The molecule has 0 spiro atoms. The van der Waals surface area contributed by atoms with Crippen LogP contribution in [-0.2, 0) is 6.42 Å². The van der Waals surface area contributed by atoms with Crippen LogP contribution in [0.1, 0.15) is 42.6 Å². The Morgan fingerprint density at radius 2 is 2.24 bits per heavy atom. The molecular formula is C14H16O3. The van der Waals surface area contributed by atoms with Crippen LogP contribution in [0.3, 0.4) is 0 Å². The second-order valence-corrected chi connectivity index (χ2v) is 4.26. The lowest BCUT2D eigenvalue weighted by molar-refractivity contribution is 0.101. The van der Waals surface area contributed by atoms with Gasteiger partial charge in [-0.15, -0.1) is 0 Å². The first-order chi connectivity index (χ1) is 8.15. The normalized spacial score (nSPS) is 10.9. The number of rotatable bonds is 4. The quantitative estimate of drug-likeness (QED) is 0.818. The number of phenolic OH excluding ortho intramolecular Hbond substituents is 1. The molecule has 0 aliphatic heterocycles. The second kappa shape index (κ2) is 4.62. The first-order valence-corrected chi connectivity index (χ1v) is 5.88. The molecule has 0 amide bonds. The van der Waals surface area contributed by atoms with E-state index in [4.69, 9.17) is 4.42 Å². The van der Waals surface area contributed by atoms with E-state index in [1.165, 1.54) is 13.2 Å². The van der Waals surface area contributed by atoms with Gasteiger partial charge < -0.3 is 9.52 Å². The number of unbranched alkanes of at least 4 members (excludes halogenated alkanes) is 1. The van der Waals surface area contributed by atoms with Crippen molar-refractivity contribution in [3.63, 3.8) is 0 Å². The molecule has 0 radical (unpaired) electrons. The number of hydrogen-bond donors (Lipinski definition) is 1. The molecule has 2 aromatic rings. The standard InChI is InChI=1S/C14H16O3/c1-3-4-5-10-8-11-6-7-17-14(11)13(16)12(10)9(2)15/h6-8,16H,3-5H2,1-2H3. The monoisotopic (exact) mass is 232 g/mol. The maximum atomic E-state index is 11.6. The van der Waals surface area contributed by atoms with Crippen LogP contribution >= 0.6 is 0 Å². The molecule has 90 valence electrons. The van der Waals surface area contributed by atoms with Crippen molar-refractivity contribution in [2.24, 2.45) is 0 Å². The third-order valence-corrected chi connectivity index (χ3v) is 2.95. The van der Waals surface area contributed by atoms with Crippen LogP contribution in [0.4, 0.5) is 0 Å². The molecule has 0 bridgehead atoms. The van der Waals surface area contributed by atoms with Gasteiger partial charge in [-0.3, -0.25) is 4.79 Å². The Bertz CT molecular complexity index is 552. The summed E-state index contributed by atoms with van der Waals surface area (Å²) < 4.78 is 5.20. The molecule has 0 fully saturated rings. The van der Waals surface area contributed by atoms with Gasteiger partial charge in [-0.25, -0.2) is 0 Å². The van der Waals surface area contributed by atoms with Gasteiger partial charge in [0.15, 0.2) is 17.1 Å². The predicted molar refractivity (Wildman–Crippen MR) is 66.5 cm³/mol. The number of benzene rings is 1. The minimum Gasteiger partial charge on any atom is -0.504 e. The van der Waals surface area contributed by atoms with Gasteiger partial charge in [-0.1, -0.05) is 13.3 Å². The summed E-state index contributed by atoms with van der Waals surface area (Å²) in [4.78, 5) is 11.6. The van der Waals surface area contributed by atoms with Crippen molar-refractivity contribution in [3.05, 3.63) is 29.5 Å². The fourth-order valence-corrected chi connectivity index (χ4v) is 2.11. The van der Waals surface area contributed by atoms with E-state index < -0.39 is 0 Å². The fraction of sp³-hybridized carbons (Fsp3) is 0.357. The average Bonchev–Trinajstić information content (AvgIpc) is 2.74. The van der Waals surface area contributed by atoms with E-state index in [1.807, 2.05) is 6.07 Å². The summed E-state index contributed by atoms with van der Waals surface area (Å²) in [5.74, 6) is -0.141. The van der Waals surface area contributed by atoms with Crippen LogP contribution < -0.4 is 0 Å². The van der Waals surface area contributed by atoms with Crippen molar-refractivity contribution >= 4 is 16.8 Å². The molecule has 2 rings (SSSR count). The largest absolute Gasteiger partial charge is 0.504 e. The molecule has 17 heavy (non-hydrogen) atoms. The number of carbonyl (C=O) groups excluding carboxylic acids is 1. The molecule has 3 nitrogen and oxygen atoms in total. The van der Waals surface area contributed by atoms with Gasteiger partial charge in [0.05, 0.1) is 11.8 Å². The van der Waals surface area contributed by atoms with E-state index in [2.05, 4.69) is 6.92 Å². The number of phenols is 1. The van der Waals surface area contributed by atoms with Crippen LogP contribution in [0.25, 0.3) is 11.0 Å². The number of ketones is 1. The number of aromatic hydroxyl groups is 1. The lowest BCUT2D eigenvalue weighted by atomic mass is 9.97. The van der Waals surface area contributed by atoms with Crippen LogP contribution in [0.15, 0.2) is 22.8 Å². The van der Waals surface area contributed by atoms with Crippen molar-refractivity contribution < 1.29 is 14.3 Å². The minimum atomic E-state index is -0.119. The summed E-state index contributed by atoms with van der Waals surface area (Å²) in [7, 11) is 0. The average molecular weight is 232 g/mol. The van der Waals surface area contributed by atoms with E-state index in [1.54, 1.807) is 6.07 Å². The summed E-state index contributed by atoms with van der Waals surface area (Å²) in [6.07, 6.45) is 4.39. The maximum absolute atomic E-state index is 11.6. The third kappa shape index (κ3) is 2.05. The molecule has 0 unspecified atom stereocenters. The molecule has 0 saturated carbocycles. The first kappa shape index (κ1) is 11.7. The zero-order valence-electron chi connectivity index (χ0n) is 10.1. The highest BCUT2D eigenvalue weighted by Crippen LogP contribution is 2.33. The molecule has 0 aliphatic carbocycles. The van der Waals surface area contributed by atoms with Gasteiger partial charge in [0.1, 0.15) is 0 Å². The number of aryl methyl sites for hydroxylation is 1. The molecule has 1 heterocycles. The lowest BCUT2D eigenvalue weighted by Gasteiger charge is -2.09. The van der Waals surface area contributed by atoms with Crippen molar-refractivity contribution in [2.75, 3.05) is 0 Å². The zero-order valence-corrected chi connectivity index (χ0v) is 10.1. The van der Waals surface area contributed by atoms with Crippen molar-refractivity contribution in [3.8, 4) is 5.75 Å². The smallest absolute Gasteiger partial charge is 0.176 e. The van der Waals surface area contributed by atoms with E-state index in [0.717, 1.165) is 30.2 Å². The first-order valence-electron chi connectivity index (χ1n) is 5.88. The van der Waals surface area contributed by atoms with E-state index in [0.29, 0.717) is 11.1 Å². The zero-order chi connectivity index (χ0) is 12.4.